The lowest BCUT2D eigenvalue weighted by molar-refractivity contribution is 0.0511. The van der Waals surface area contributed by atoms with Crippen LogP contribution in [0.4, 0.5) is 0 Å². The minimum absolute atomic E-state index is 0.0585. The lowest BCUT2D eigenvalue weighted by Gasteiger charge is -2.35. The molecule has 0 radical (unpaired) electrons. The van der Waals surface area contributed by atoms with Gasteiger partial charge in [-0.25, -0.2) is 0 Å². The van der Waals surface area contributed by atoms with Gasteiger partial charge in [0, 0.05) is 49.9 Å². The van der Waals surface area contributed by atoms with Crippen LogP contribution in [0.3, 0.4) is 0 Å². The number of nitrogens with zero attached hydrogens (tertiary/aromatic N) is 3. The van der Waals surface area contributed by atoms with Crippen molar-refractivity contribution >= 4 is 12.1 Å². The molecule has 4 aliphatic rings. The Kier molecular flexibility index (Phi) is 7.84. The zero-order valence-electron chi connectivity index (χ0n) is 20.5. The van der Waals surface area contributed by atoms with Crippen LogP contribution in [0, 0.1) is 0 Å². The standard InChI is InChI=1S/C28H38N4O3/c33-27(20-35-25-5-2-1-3-6-25)26-12-11-23(30-26)19-21-7-9-22(10-8-21)28(34)31-17-13-24(14-18-31)32-16-4-15-29-32/h2,5-10,15,23-24,26-27,30,33H,1,3-4,11-14,16-20H2/t23-,26+,27+/m0/s1. The van der Waals surface area contributed by atoms with Crippen molar-refractivity contribution in [3.63, 3.8) is 0 Å². The molecule has 3 heterocycles. The number of carbonyl (C=O) groups is 1. The maximum Gasteiger partial charge on any atom is 0.253 e. The Morgan fingerprint density at radius 2 is 1.91 bits per heavy atom. The summed E-state index contributed by atoms with van der Waals surface area (Å²) in [5.74, 6) is 0.995. The van der Waals surface area contributed by atoms with E-state index in [1.807, 2.05) is 29.3 Å². The molecule has 35 heavy (non-hydrogen) atoms. The van der Waals surface area contributed by atoms with Crippen molar-refractivity contribution in [3.8, 4) is 0 Å². The molecule has 2 fully saturated rings. The van der Waals surface area contributed by atoms with Gasteiger partial charge in [-0.15, -0.1) is 0 Å². The van der Waals surface area contributed by atoms with Crippen LogP contribution in [0.2, 0.25) is 0 Å². The molecule has 0 unspecified atom stereocenters. The number of hydrazone groups is 1. The van der Waals surface area contributed by atoms with E-state index >= 15 is 0 Å². The van der Waals surface area contributed by atoms with Crippen molar-refractivity contribution in [2.24, 2.45) is 5.10 Å². The fourth-order valence-corrected chi connectivity index (χ4v) is 5.61. The first-order valence-corrected chi connectivity index (χ1v) is 13.3. The lowest BCUT2D eigenvalue weighted by Crippen LogP contribution is -2.44. The van der Waals surface area contributed by atoms with Crippen molar-refractivity contribution in [3.05, 3.63) is 59.4 Å². The second-order valence-corrected chi connectivity index (χ2v) is 10.2. The first-order chi connectivity index (χ1) is 17.2. The molecule has 2 N–H and O–H groups in total. The summed E-state index contributed by atoms with van der Waals surface area (Å²) in [6.07, 6.45) is 15.6. The van der Waals surface area contributed by atoms with Gasteiger partial charge in [0.1, 0.15) is 18.5 Å². The van der Waals surface area contributed by atoms with E-state index in [2.05, 4.69) is 39.7 Å². The van der Waals surface area contributed by atoms with Crippen LogP contribution in [-0.2, 0) is 11.2 Å². The molecule has 7 nitrogen and oxygen atoms in total. The Morgan fingerprint density at radius 1 is 1.09 bits per heavy atom. The lowest BCUT2D eigenvalue weighted by atomic mass is 10.0. The summed E-state index contributed by atoms with van der Waals surface area (Å²) in [7, 11) is 0. The number of hydrogen-bond donors (Lipinski definition) is 2. The fourth-order valence-electron chi connectivity index (χ4n) is 5.61. The number of nitrogens with one attached hydrogen (secondary N) is 1. The van der Waals surface area contributed by atoms with Crippen molar-refractivity contribution in [1.82, 2.24) is 15.2 Å². The Bertz CT molecular complexity index is 949. The molecule has 1 aromatic rings. The zero-order chi connectivity index (χ0) is 24.0. The number of ether oxygens (including phenoxy) is 1. The predicted molar refractivity (Wildman–Crippen MR) is 137 cm³/mol. The van der Waals surface area contributed by atoms with E-state index in [1.54, 1.807) is 0 Å². The van der Waals surface area contributed by atoms with E-state index in [1.165, 1.54) is 5.56 Å². The number of rotatable bonds is 8. The van der Waals surface area contributed by atoms with Crippen molar-refractivity contribution in [2.45, 2.75) is 75.6 Å². The molecule has 0 bridgehead atoms. The Morgan fingerprint density at radius 3 is 2.63 bits per heavy atom. The third-order valence-corrected chi connectivity index (χ3v) is 7.70. The van der Waals surface area contributed by atoms with Gasteiger partial charge in [-0.3, -0.25) is 9.80 Å². The smallest absolute Gasteiger partial charge is 0.253 e. The molecule has 2 saturated heterocycles. The van der Waals surface area contributed by atoms with E-state index < -0.39 is 6.10 Å². The van der Waals surface area contributed by atoms with Crippen LogP contribution in [0.15, 0.2) is 53.4 Å². The number of aliphatic hydroxyl groups excluding tert-OH is 1. The average molecular weight is 479 g/mol. The molecule has 5 rings (SSSR count). The second kappa shape index (κ2) is 11.4. The van der Waals surface area contributed by atoms with Crippen molar-refractivity contribution in [1.29, 1.82) is 0 Å². The molecule has 188 valence electrons. The summed E-state index contributed by atoms with van der Waals surface area (Å²) in [4.78, 5) is 15.0. The van der Waals surface area contributed by atoms with Crippen molar-refractivity contribution in [2.75, 3.05) is 26.2 Å². The molecule has 1 amide bonds. The van der Waals surface area contributed by atoms with Gasteiger partial charge in [0.15, 0.2) is 0 Å². The van der Waals surface area contributed by atoms with Crippen LogP contribution in [0.25, 0.3) is 0 Å². The Hall–Kier alpha value is -2.64. The molecule has 0 saturated carbocycles. The molecule has 3 atom stereocenters. The summed E-state index contributed by atoms with van der Waals surface area (Å²) < 4.78 is 5.77. The Balaban J connectivity index is 1.06. The van der Waals surface area contributed by atoms with Crippen LogP contribution in [-0.4, -0.2) is 77.6 Å². The van der Waals surface area contributed by atoms with E-state index in [4.69, 9.17) is 4.74 Å². The summed E-state index contributed by atoms with van der Waals surface area (Å²) in [5, 5.41) is 20.8. The van der Waals surface area contributed by atoms with Crippen LogP contribution < -0.4 is 5.32 Å². The zero-order valence-corrected chi connectivity index (χ0v) is 20.5. The minimum Gasteiger partial charge on any atom is -0.491 e. The third kappa shape index (κ3) is 6.14. The molecular weight excluding hydrogens is 440 g/mol. The highest BCUT2D eigenvalue weighted by Gasteiger charge is 2.30. The number of hydrogen-bond acceptors (Lipinski definition) is 6. The van der Waals surface area contributed by atoms with E-state index in [0.717, 1.165) is 82.3 Å². The van der Waals surface area contributed by atoms with Gasteiger partial charge in [0.25, 0.3) is 5.91 Å². The van der Waals surface area contributed by atoms with Gasteiger partial charge in [0.05, 0.1) is 6.04 Å². The van der Waals surface area contributed by atoms with Crippen LogP contribution in [0.1, 0.15) is 60.9 Å². The first kappa shape index (κ1) is 24.1. The number of benzene rings is 1. The highest BCUT2D eigenvalue weighted by atomic mass is 16.5. The SMILES string of the molecule is O=C(c1ccc(C[C@@H]2CC[C@H]([C@H](O)COC3=CCCC=C3)N2)cc1)N1CCC(N2CCC=N2)CC1. The molecular formula is C28H38N4O3. The maximum atomic E-state index is 13.0. The average Bonchev–Trinajstić information content (AvgIpc) is 3.61. The molecule has 1 aliphatic carbocycles. The highest BCUT2D eigenvalue weighted by Crippen LogP contribution is 2.23. The predicted octanol–water partition coefficient (Wildman–Crippen LogP) is 3.26. The van der Waals surface area contributed by atoms with Crippen LogP contribution >= 0.6 is 0 Å². The summed E-state index contributed by atoms with van der Waals surface area (Å²) in [6, 6.07) is 8.95. The van der Waals surface area contributed by atoms with E-state index in [9.17, 15) is 9.90 Å². The largest absolute Gasteiger partial charge is 0.491 e. The number of allylic oxidation sites excluding steroid dienone is 3. The number of piperidine rings is 1. The summed E-state index contributed by atoms with van der Waals surface area (Å²) in [5.41, 5.74) is 1.98. The van der Waals surface area contributed by atoms with Gasteiger partial charge in [-0.2, -0.15) is 5.10 Å². The van der Waals surface area contributed by atoms with Crippen LogP contribution in [0.5, 0.6) is 0 Å². The van der Waals surface area contributed by atoms with E-state index in [-0.39, 0.29) is 11.9 Å². The van der Waals surface area contributed by atoms with Gasteiger partial charge in [-0.05, 0) is 74.8 Å². The number of aliphatic hydroxyl groups is 1. The maximum absolute atomic E-state index is 13.0. The topological polar surface area (TPSA) is 77.4 Å². The minimum atomic E-state index is -0.516. The monoisotopic (exact) mass is 478 g/mol. The molecule has 3 aliphatic heterocycles. The summed E-state index contributed by atoms with van der Waals surface area (Å²) >= 11 is 0. The number of likely N-dealkylation sites (tertiary alicyclic amines) is 1. The first-order valence-electron chi connectivity index (χ1n) is 13.3. The highest BCUT2D eigenvalue weighted by molar-refractivity contribution is 5.94. The quantitative estimate of drug-likeness (QED) is 0.600. The van der Waals surface area contributed by atoms with Gasteiger partial charge in [0.2, 0.25) is 0 Å². The molecule has 7 heteroatoms. The second-order valence-electron chi connectivity index (χ2n) is 10.2. The fraction of sp³-hybridized carbons (Fsp3) is 0.571. The van der Waals surface area contributed by atoms with Gasteiger partial charge >= 0.3 is 0 Å². The summed E-state index contributed by atoms with van der Waals surface area (Å²) in [6.45, 7) is 2.92. The normalized spacial score (nSPS) is 25.7. The number of carbonyl (C=O) groups excluding carboxylic acids is 1. The molecule has 1 aromatic carbocycles. The van der Waals surface area contributed by atoms with E-state index in [0.29, 0.717) is 18.7 Å². The van der Waals surface area contributed by atoms with Gasteiger partial charge in [-0.1, -0.05) is 18.2 Å². The van der Waals surface area contributed by atoms with Crippen molar-refractivity contribution < 1.29 is 14.6 Å². The molecule has 0 aromatic heterocycles. The van der Waals surface area contributed by atoms with Gasteiger partial charge < -0.3 is 20.1 Å². The Labute approximate surface area is 208 Å². The third-order valence-electron chi connectivity index (χ3n) is 7.70. The number of amides is 1. The molecule has 0 spiro atoms.